The van der Waals surface area contributed by atoms with Crippen LogP contribution in [-0.4, -0.2) is 77.4 Å². The normalized spacial score (nSPS) is 51.6. The molecule has 1 N–H and O–H groups in total. The Labute approximate surface area is 205 Å². The fraction of sp³-hybridized carbons (Fsp3) is 0.792. The third-order valence-corrected chi connectivity index (χ3v) is 9.30. The van der Waals surface area contributed by atoms with Gasteiger partial charge in [-0.3, -0.25) is 14.4 Å². The van der Waals surface area contributed by atoms with Gasteiger partial charge in [0.25, 0.3) is 0 Å². The molecular formula is C24H28O12. The van der Waals surface area contributed by atoms with Gasteiger partial charge in [-0.2, -0.15) is 0 Å². The maximum absolute atomic E-state index is 13.9. The van der Waals surface area contributed by atoms with Crippen LogP contribution in [0.3, 0.4) is 0 Å². The van der Waals surface area contributed by atoms with E-state index < -0.39 is 106 Å². The molecule has 0 unspecified atom stereocenters. The van der Waals surface area contributed by atoms with Gasteiger partial charge in [0.1, 0.15) is 17.6 Å². The van der Waals surface area contributed by atoms with Gasteiger partial charge < -0.3 is 33.5 Å². The van der Waals surface area contributed by atoms with Crippen molar-refractivity contribution in [3.8, 4) is 0 Å². The number of ether oxygens (including phenoxy) is 6. The fourth-order valence-corrected chi connectivity index (χ4v) is 8.86. The van der Waals surface area contributed by atoms with Crippen molar-refractivity contribution in [2.75, 3.05) is 0 Å². The molecule has 0 bridgehead atoms. The maximum atomic E-state index is 13.9. The molecule has 0 radical (unpaired) electrons. The molecule has 12 heteroatoms. The number of hydrogen-bond donors (Lipinski definition) is 1. The standard InChI is InChI=1S/C24H28O12/c1-7-10-11(33-17(7)28)15(32-9(3)26)23-16-12(31-8(2)25)13(21(4,5)6)22(23)14(27)18(29)35-20(22)36-24(10,23)19(30)34-16/h7,10-16,20,27H,1-6H3/t7-,10-,11+,12+,13-,14-,15-,16+,20+,22-,23-,24+/m0/s1. The molecule has 0 aromatic heterocycles. The number of esters is 5. The zero-order valence-electron chi connectivity index (χ0n) is 20.6. The monoisotopic (exact) mass is 508 g/mol. The first kappa shape index (κ1) is 23.7. The van der Waals surface area contributed by atoms with Gasteiger partial charge in [-0.25, -0.2) is 9.59 Å². The van der Waals surface area contributed by atoms with Crippen molar-refractivity contribution in [3.05, 3.63) is 0 Å². The Bertz CT molecular complexity index is 1120. The summed E-state index contributed by atoms with van der Waals surface area (Å²) in [5.41, 5.74) is -6.25. The van der Waals surface area contributed by atoms with E-state index in [1.807, 2.05) is 20.8 Å². The van der Waals surface area contributed by atoms with Gasteiger partial charge in [0.2, 0.25) is 6.29 Å². The van der Waals surface area contributed by atoms with E-state index in [4.69, 9.17) is 28.4 Å². The average Bonchev–Trinajstić information content (AvgIpc) is 3.45. The lowest BCUT2D eigenvalue weighted by molar-refractivity contribution is -0.210. The van der Waals surface area contributed by atoms with E-state index in [1.165, 1.54) is 6.92 Å². The van der Waals surface area contributed by atoms with Crippen LogP contribution in [0.4, 0.5) is 0 Å². The second-order valence-electron chi connectivity index (χ2n) is 11.8. The van der Waals surface area contributed by atoms with Gasteiger partial charge in [0.15, 0.2) is 23.9 Å². The number of rotatable bonds is 2. The van der Waals surface area contributed by atoms with Gasteiger partial charge >= 0.3 is 29.8 Å². The smallest absolute Gasteiger partial charge is 0.340 e. The first-order chi connectivity index (χ1) is 16.7. The highest BCUT2D eigenvalue weighted by Crippen LogP contribution is 2.84. The molecule has 12 nitrogen and oxygen atoms in total. The van der Waals surface area contributed by atoms with Gasteiger partial charge in [0.05, 0.1) is 17.3 Å². The molecular weight excluding hydrogens is 480 g/mol. The van der Waals surface area contributed by atoms with Crippen LogP contribution in [0.5, 0.6) is 0 Å². The third-order valence-electron chi connectivity index (χ3n) is 9.30. The maximum Gasteiger partial charge on any atom is 0.340 e. The van der Waals surface area contributed by atoms with Crippen LogP contribution in [0.25, 0.3) is 0 Å². The zero-order valence-corrected chi connectivity index (χ0v) is 20.6. The van der Waals surface area contributed by atoms with Crippen LogP contribution in [-0.2, 0) is 52.4 Å². The molecule has 2 saturated carbocycles. The predicted octanol–water partition coefficient (Wildman–Crippen LogP) is -0.372. The van der Waals surface area contributed by atoms with Crippen molar-refractivity contribution < 1.29 is 57.5 Å². The minimum Gasteiger partial charge on any atom is -0.458 e. The number of carbonyl (C=O) groups excluding carboxylic acids is 5. The van der Waals surface area contributed by atoms with Crippen molar-refractivity contribution in [1.82, 2.24) is 0 Å². The summed E-state index contributed by atoms with van der Waals surface area (Å²) in [6.45, 7) is 9.41. The van der Waals surface area contributed by atoms with Crippen molar-refractivity contribution >= 4 is 29.8 Å². The summed E-state index contributed by atoms with van der Waals surface area (Å²) < 4.78 is 35.1. The molecule has 2 spiro atoms. The Morgan fingerprint density at radius 1 is 0.972 bits per heavy atom. The van der Waals surface area contributed by atoms with E-state index in [1.54, 1.807) is 6.92 Å². The van der Waals surface area contributed by atoms with E-state index in [0.29, 0.717) is 0 Å². The summed E-state index contributed by atoms with van der Waals surface area (Å²) in [6.07, 6.45) is -8.20. The lowest BCUT2D eigenvalue weighted by atomic mass is 9.51. The molecule has 0 aromatic carbocycles. The molecule has 6 fully saturated rings. The number of aliphatic hydroxyl groups excluding tert-OH is 1. The minimum atomic E-state index is -1.97. The van der Waals surface area contributed by atoms with Crippen LogP contribution in [0.2, 0.25) is 0 Å². The quantitative estimate of drug-likeness (QED) is 0.381. The summed E-state index contributed by atoms with van der Waals surface area (Å²) in [7, 11) is 0. The van der Waals surface area contributed by atoms with E-state index in [2.05, 4.69) is 0 Å². The Morgan fingerprint density at radius 3 is 2.19 bits per heavy atom. The van der Waals surface area contributed by atoms with Crippen molar-refractivity contribution in [2.24, 2.45) is 34.0 Å². The Kier molecular flexibility index (Phi) is 4.32. The molecule has 4 heterocycles. The van der Waals surface area contributed by atoms with Gasteiger partial charge in [-0.15, -0.1) is 0 Å². The summed E-state index contributed by atoms with van der Waals surface area (Å²) in [4.78, 5) is 64.2. The van der Waals surface area contributed by atoms with E-state index in [9.17, 15) is 29.1 Å². The van der Waals surface area contributed by atoms with E-state index >= 15 is 0 Å². The van der Waals surface area contributed by atoms with Crippen LogP contribution >= 0.6 is 0 Å². The Balaban J connectivity index is 1.73. The van der Waals surface area contributed by atoms with Crippen LogP contribution in [0.1, 0.15) is 41.5 Å². The zero-order chi connectivity index (χ0) is 26.3. The van der Waals surface area contributed by atoms with Gasteiger partial charge in [0, 0.05) is 19.8 Å². The summed E-state index contributed by atoms with van der Waals surface area (Å²) in [5, 5.41) is 11.6. The number of fused-ring (bicyclic) bond motifs is 1. The Hall–Kier alpha value is -2.73. The second kappa shape index (κ2) is 6.58. The third kappa shape index (κ3) is 2.12. The molecule has 196 valence electrons. The van der Waals surface area contributed by atoms with Crippen LogP contribution < -0.4 is 0 Å². The summed E-state index contributed by atoms with van der Waals surface area (Å²) >= 11 is 0. The topological polar surface area (TPSA) is 161 Å². The number of hydrogen-bond acceptors (Lipinski definition) is 12. The first-order valence-corrected chi connectivity index (χ1v) is 12.0. The van der Waals surface area contributed by atoms with Crippen molar-refractivity contribution in [3.63, 3.8) is 0 Å². The van der Waals surface area contributed by atoms with E-state index in [0.717, 1.165) is 6.92 Å². The second-order valence-corrected chi connectivity index (χ2v) is 11.8. The predicted molar refractivity (Wildman–Crippen MR) is 111 cm³/mol. The molecule has 4 aliphatic heterocycles. The number of carbonyl (C=O) groups is 5. The minimum absolute atomic E-state index is 0.614. The molecule has 12 atom stereocenters. The summed E-state index contributed by atoms with van der Waals surface area (Å²) in [6, 6.07) is 0. The highest BCUT2D eigenvalue weighted by molar-refractivity contribution is 5.92. The molecule has 6 aliphatic rings. The first-order valence-electron chi connectivity index (χ1n) is 12.0. The molecule has 0 amide bonds. The lowest BCUT2D eigenvalue weighted by Crippen LogP contribution is -2.63. The van der Waals surface area contributed by atoms with Crippen LogP contribution in [0, 0.1) is 34.0 Å². The SMILES string of the molecule is CC(=O)O[C@H]1[C@H]2OC(=O)[C@@]34O[C@H]5OC(=O)[C@H](O)[C@]5([C@@H]1C(C)(C)C)[C@]23[C@@H](OC(C)=O)[C@@H]1OC(=O)[C@@H](C)[C@@H]14. The molecule has 2 aliphatic carbocycles. The molecule has 36 heavy (non-hydrogen) atoms. The summed E-state index contributed by atoms with van der Waals surface area (Å²) in [5.74, 6) is -6.59. The number of aliphatic hydroxyl groups is 1. The van der Waals surface area contributed by atoms with E-state index in [-0.39, 0.29) is 0 Å². The van der Waals surface area contributed by atoms with Crippen LogP contribution in [0.15, 0.2) is 0 Å². The molecule has 0 aromatic rings. The molecule has 4 saturated heterocycles. The van der Waals surface area contributed by atoms with Gasteiger partial charge in [-0.1, -0.05) is 27.7 Å². The highest BCUT2D eigenvalue weighted by Gasteiger charge is 3.03. The van der Waals surface area contributed by atoms with Crippen molar-refractivity contribution in [1.29, 1.82) is 0 Å². The molecule has 6 rings (SSSR count). The van der Waals surface area contributed by atoms with Crippen molar-refractivity contribution in [2.45, 2.75) is 84.0 Å². The highest BCUT2D eigenvalue weighted by atomic mass is 16.8. The Morgan fingerprint density at radius 2 is 1.61 bits per heavy atom. The largest absolute Gasteiger partial charge is 0.458 e. The lowest BCUT2D eigenvalue weighted by Gasteiger charge is -2.47. The average molecular weight is 508 g/mol. The fourth-order valence-electron chi connectivity index (χ4n) is 8.86. The van der Waals surface area contributed by atoms with Gasteiger partial charge in [-0.05, 0) is 5.41 Å².